The number of para-hydroxylation sites is 1. The van der Waals surface area contributed by atoms with E-state index in [1.807, 2.05) is 0 Å². The maximum absolute atomic E-state index is 5.44. The minimum absolute atomic E-state index is 0.668. The average Bonchev–Trinajstić information content (AvgIpc) is 3.24. The summed E-state index contributed by atoms with van der Waals surface area (Å²) in [6.45, 7) is 9.03. The van der Waals surface area contributed by atoms with Gasteiger partial charge in [0, 0.05) is 50.1 Å². The van der Waals surface area contributed by atoms with Gasteiger partial charge in [-0.25, -0.2) is 4.99 Å². The molecule has 2 aromatic carbocycles. The van der Waals surface area contributed by atoms with Crippen LogP contribution < -0.4 is 15.5 Å². The number of aliphatic imine (C=N–C) groups is 1. The fourth-order valence-electron chi connectivity index (χ4n) is 3.94. The SMILES string of the molecule is CCNC(=NCc1ccc(N2CCOCC2)cc1)NCCCn1ccc2ccccc21. The third-order valence-corrected chi connectivity index (χ3v) is 5.63. The van der Waals surface area contributed by atoms with Gasteiger partial charge < -0.3 is 24.8 Å². The Hall–Kier alpha value is -2.99. The van der Waals surface area contributed by atoms with Crippen LogP contribution in [0.2, 0.25) is 0 Å². The van der Waals surface area contributed by atoms with E-state index >= 15 is 0 Å². The van der Waals surface area contributed by atoms with Crippen LogP contribution in [0, 0.1) is 0 Å². The number of aromatic nitrogens is 1. The molecule has 0 atom stereocenters. The van der Waals surface area contributed by atoms with Crippen LogP contribution >= 0.6 is 0 Å². The zero-order valence-electron chi connectivity index (χ0n) is 18.4. The van der Waals surface area contributed by atoms with Crippen LogP contribution in [0.4, 0.5) is 5.69 Å². The minimum atomic E-state index is 0.668. The number of guanidine groups is 1. The average molecular weight is 420 g/mol. The van der Waals surface area contributed by atoms with Crippen LogP contribution in [-0.2, 0) is 17.8 Å². The van der Waals surface area contributed by atoms with Gasteiger partial charge in [-0.1, -0.05) is 30.3 Å². The van der Waals surface area contributed by atoms with Crippen LogP contribution in [0.15, 0.2) is 65.8 Å². The number of anilines is 1. The second kappa shape index (κ2) is 10.9. The Labute approximate surface area is 184 Å². The highest BCUT2D eigenvalue weighted by molar-refractivity contribution is 5.80. The third kappa shape index (κ3) is 5.79. The maximum atomic E-state index is 5.44. The van der Waals surface area contributed by atoms with Crippen LogP contribution in [0.1, 0.15) is 18.9 Å². The van der Waals surface area contributed by atoms with Crippen LogP contribution in [0.25, 0.3) is 10.9 Å². The van der Waals surface area contributed by atoms with E-state index < -0.39 is 0 Å². The smallest absolute Gasteiger partial charge is 0.191 e. The molecule has 0 unspecified atom stereocenters. The summed E-state index contributed by atoms with van der Waals surface area (Å²) in [5.74, 6) is 0.872. The molecular formula is C25H33N5O. The van der Waals surface area contributed by atoms with Crippen molar-refractivity contribution < 1.29 is 4.74 Å². The number of hydrogen-bond donors (Lipinski definition) is 2. The fourth-order valence-corrected chi connectivity index (χ4v) is 3.94. The number of rotatable bonds is 8. The third-order valence-electron chi connectivity index (χ3n) is 5.63. The molecule has 6 heteroatoms. The van der Waals surface area contributed by atoms with Crippen molar-refractivity contribution in [3.8, 4) is 0 Å². The minimum Gasteiger partial charge on any atom is -0.378 e. The van der Waals surface area contributed by atoms with E-state index in [0.717, 1.165) is 58.3 Å². The predicted octanol–water partition coefficient (Wildman–Crippen LogP) is 3.62. The second-order valence-electron chi connectivity index (χ2n) is 7.81. The maximum Gasteiger partial charge on any atom is 0.191 e. The summed E-state index contributed by atoms with van der Waals surface area (Å²) in [4.78, 5) is 7.14. The Morgan fingerprint density at radius 3 is 2.61 bits per heavy atom. The molecule has 1 fully saturated rings. The van der Waals surface area contributed by atoms with E-state index in [1.54, 1.807) is 0 Å². The van der Waals surface area contributed by atoms with Crippen LogP contribution in [0.3, 0.4) is 0 Å². The largest absolute Gasteiger partial charge is 0.378 e. The number of hydrogen-bond acceptors (Lipinski definition) is 3. The van der Waals surface area contributed by atoms with Gasteiger partial charge in [0.2, 0.25) is 0 Å². The van der Waals surface area contributed by atoms with E-state index in [4.69, 9.17) is 9.73 Å². The molecule has 0 aliphatic carbocycles. The van der Waals surface area contributed by atoms with Gasteiger partial charge in [-0.2, -0.15) is 0 Å². The topological polar surface area (TPSA) is 53.8 Å². The Bertz CT molecular complexity index is 973. The lowest BCUT2D eigenvalue weighted by atomic mass is 10.2. The van der Waals surface area contributed by atoms with Crippen molar-refractivity contribution in [1.82, 2.24) is 15.2 Å². The highest BCUT2D eigenvalue weighted by Gasteiger charge is 2.10. The molecule has 1 saturated heterocycles. The highest BCUT2D eigenvalue weighted by atomic mass is 16.5. The number of fused-ring (bicyclic) bond motifs is 1. The monoisotopic (exact) mass is 419 g/mol. The van der Waals surface area contributed by atoms with Gasteiger partial charge >= 0.3 is 0 Å². The van der Waals surface area contributed by atoms with Crippen molar-refractivity contribution in [1.29, 1.82) is 0 Å². The summed E-state index contributed by atoms with van der Waals surface area (Å²) < 4.78 is 7.75. The van der Waals surface area contributed by atoms with Gasteiger partial charge in [0.25, 0.3) is 0 Å². The number of morpholine rings is 1. The molecule has 0 amide bonds. The van der Waals surface area contributed by atoms with Gasteiger partial charge in [0.15, 0.2) is 5.96 Å². The first-order valence-electron chi connectivity index (χ1n) is 11.3. The lowest BCUT2D eigenvalue weighted by molar-refractivity contribution is 0.122. The van der Waals surface area contributed by atoms with E-state index in [0.29, 0.717) is 6.54 Å². The lowest BCUT2D eigenvalue weighted by Gasteiger charge is -2.28. The van der Waals surface area contributed by atoms with E-state index in [1.165, 1.54) is 22.2 Å². The van der Waals surface area contributed by atoms with Crippen LogP contribution in [0.5, 0.6) is 0 Å². The van der Waals surface area contributed by atoms with Crippen molar-refractivity contribution in [2.24, 2.45) is 4.99 Å². The van der Waals surface area contributed by atoms with Crippen molar-refractivity contribution in [3.05, 3.63) is 66.4 Å². The molecule has 1 aromatic heterocycles. The lowest BCUT2D eigenvalue weighted by Crippen LogP contribution is -2.38. The fraction of sp³-hybridized carbons (Fsp3) is 0.400. The first-order chi connectivity index (χ1) is 15.3. The zero-order chi connectivity index (χ0) is 21.3. The standard InChI is InChI=1S/C25H33N5O/c1-2-26-25(27-13-5-14-30-15-12-22-6-3-4-7-24(22)30)28-20-21-8-10-23(11-9-21)29-16-18-31-19-17-29/h3-4,6-12,15H,2,5,13-14,16-20H2,1H3,(H2,26,27,28). The Morgan fingerprint density at radius 1 is 1.00 bits per heavy atom. The quantitative estimate of drug-likeness (QED) is 0.333. The summed E-state index contributed by atoms with van der Waals surface area (Å²) in [7, 11) is 0. The van der Waals surface area contributed by atoms with Gasteiger partial charge in [0.05, 0.1) is 19.8 Å². The Balaban J connectivity index is 1.26. The van der Waals surface area contributed by atoms with Gasteiger partial charge in [0.1, 0.15) is 0 Å². The number of ether oxygens (including phenoxy) is 1. The van der Waals surface area contributed by atoms with Gasteiger partial charge in [-0.15, -0.1) is 0 Å². The molecule has 1 aliphatic heterocycles. The van der Waals surface area contributed by atoms with Gasteiger partial charge in [-0.05, 0) is 48.6 Å². The van der Waals surface area contributed by atoms with E-state index in [-0.39, 0.29) is 0 Å². The molecule has 4 rings (SSSR count). The summed E-state index contributed by atoms with van der Waals surface area (Å²) in [5.41, 5.74) is 3.77. The first-order valence-corrected chi connectivity index (χ1v) is 11.3. The number of nitrogens with zero attached hydrogens (tertiary/aromatic N) is 3. The van der Waals surface area contributed by atoms with E-state index in [9.17, 15) is 0 Å². The Kier molecular flexibility index (Phi) is 7.45. The second-order valence-corrected chi connectivity index (χ2v) is 7.81. The predicted molar refractivity (Wildman–Crippen MR) is 129 cm³/mol. The number of aryl methyl sites for hydroxylation is 1. The summed E-state index contributed by atoms with van der Waals surface area (Å²) in [6.07, 6.45) is 3.21. The molecule has 2 N–H and O–H groups in total. The van der Waals surface area contributed by atoms with Gasteiger partial charge in [-0.3, -0.25) is 0 Å². The van der Waals surface area contributed by atoms with Crippen molar-refractivity contribution >= 4 is 22.5 Å². The normalized spacial score (nSPS) is 14.7. The summed E-state index contributed by atoms with van der Waals surface area (Å²) >= 11 is 0. The van der Waals surface area contributed by atoms with E-state index in [2.05, 4.69) is 87.8 Å². The van der Waals surface area contributed by atoms with Crippen molar-refractivity contribution in [2.75, 3.05) is 44.3 Å². The molecule has 6 nitrogen and oxygen atoms in total. The Morgan fingerprint density at radius 2 is 1.81 bits per heavy atom. The summed E-state index contributed by atoms with van der Waals surface area (Å²) in [5, 5.41) is 8.11. The first kappa shape index (κ1) is 21.2. The molecule has 0 bridgehead atoms. The molecule has 31 heavy (non-hydrogen) atoms. The molecule has 0 spiro atoms. The zero-order valence-corrected chi connectivity index (χ0v) is 18.4. The molecule has 0 saturated carbocycles. The molecule has 3 aromatic rings. The molecule has 164 valence electrons. The summed E-state index contributed by atoms with van der Waals surface area (Å²) in [6, 6.07) is 19.4. The molecule has 0 radical (unpaired) electrons. The number of benzene rings is 2. The molecule has 2 heterocycles. The molecular weight excluding hydrogens is 386 g/mol. The highest BCUT2D eigenvalue weighted by Crippen LogP contribution is 2.17. The van der Waals surface area contributed by atoms with Crippen molar-refractivity contribution in [3.63, 3.8) is 0 Å². The van der Waals surface area contributed by atoms with Crippen LogP contribution in [-0.4, -0.2) is 49.9 Å². The molecule has 1 aliphatic rings. The van der Waals surface area contributed by atoms with Crippen molar-refractivity contribution in [2.45, 2.75) is 26.4 Å². The number of nitrogens with one attached hydrogen (secondary N) is 2.